The van der Waals surface area contributed by atoms with E-state index in [1.807, 2.05) is 18.2 Å². The number of methoxy groups -OCH3 is 1. The molecule has 3 aliphatic heterocycles. The van der Waals surface area contributed by atoms with Gasteiger partial charge in [0.15, 0.2) is 5.70 Å². The lowest BCUT2D eigenvalue weighted by Crippen LogP contribution is -2.46. The smallest absolute Gasteiger partial charge is 0.416 e. The number of quaternary nitrogens is 1. The van der Waals surface area contributed by atoms with Crippen LogP contribution >= 0.6 is 0 Å². The molecule has 1 aromatic rings. The zero-order valence-corrected chi connectivity index (χ0v) is 17.7. The molecule has 166 valence electrons. The van der Waals surface area contributed by atoms with Gasteiger partial charge in [-0.2, -0.15) is 13.2 Å². The zero-order chi connectivity index (χ0) is 21.9. The van der Waals surface area contributed by atoms with Crippen molar-refractivity contribution in [1.29, 1.82) is 0 Å². The molecule has 0 saturated carbocycles. The predicted octanol–water partition coefficient (Wildman–Crippen LogP) is 4.31. The lowest BCUT2D eigenvalue weighted by Gasteiger charge is -2.36. The lowest BCUT2D eigenvalue weighted by molar-refractivity contribution is -0.843. The Kier molecular flexibility index (Phi) is 6.20. The Morgan fingerprint density at radius 3 is 2.61 bits per heavy atom. The zero-order valence-electron chi connectivity index (χ0n) is 17.7. The van der Waals surface area contributed by atoms with Gasteiger partial charge in [-0.25, -0.2) is 0 Å². The fourth-order valence-electron chi connectivity index (χ4n) is 4.35. The van der Waals surface area contributed by atoms with Crippen molar-refractivity contribution in [3.05, 3.63) is 60.0 Å². The van der Waals surface area contributed by atoms with Crippen LogP contribution in [0.25, 0.3) is 0 Å². The Morgan fingerprint density at radius 1 is 1.10 bits per heavy atom. The van der Waals surface area contributed by atoms with E-state index < -0.39 is 11.7 Å². The molecule has 1 aromatic carbocycles. The van der Waals surface area contributed by atoms with Gasteiger partial charge in [-0.05, 0) is 25.1 Å². The van der Waals surface area contributed by atoms with Crippen molar-refractivity contribution in [3.63, 3.8) is 0 Å². The molecule has 1 atom stereocenters. The number of halogens is 3. The molecule has 5 nitrogen and oxygen atoms in total. The molecule has 1 fully saturated rings. The molecule has 31 heavy (non-hydrogen) atoms. The number of allylic oxidation sites excluding steroid dienone is 4. The Bertz CT molecular complexity index is 914. The summed E-state index contributed by atoms with van der Waals surface area (Å²) in [5.74, 6) is 0.900. The molecule has 0 aromatic heterocycles. The molecule has 1 saturated heterocycles. The van der Waals surface area contributed by atoms with Crippen LogP contribution in [-0.4, -0.2) is 68.3 Å². The second-order valence-corrected chi connectivity index (χ2v) is 8.03. The van der Waals surface area contributed by atoms with Crippen molar-refractivity contribution in [3.8, 4) is 5.75 Å². The lowest BCUT2D eigenvalue weighted by atomic mass is 10.1. The molecule has 0 radical (unpaired) electrons. The first-order chi connectivity index (χ1) is 14.9. The van der Waals surface area contributed by atoms with Crippen molar-refractivity contribution in [2.75, 3.05) is 51.3 Å². The fraction of sp³-hybridized carbons (Fsp3) is 0.435. The average molecular weight is 433 g/mol. The van der Waals surface area contributed by atoms with Crippen LogP contribution in [0.15, 0.2) is 65.1 Å². The number of fused-ring (bicyclic) bond motifs is 1. The van der Waals surface area contributed by atoms with Crippen LogP contribution in [0.3, 0.4) is 0 Å². The normalized spacial score (nSPS) is 23.5. The number of anilines is 1. The quantitative estimate of drug-likeness (QED) is 0.474. The van der Waals surface area contributed by atoms with Gasteiger partial charge in [-0.3, -0.25) is 4.90 Å². The summed E-state index contributed by atoms with van der Waals surface area (Å²) in [6, 6.07) is 8.09. The summed E-state index contributed by atoms with van der Waals surface area (Å²) in [7, 11) is 1.70. The van der Waals surface area contributed by atoms with Crippen molar-refractivity contribution < 1.29 is 22.5 Å². The molecular formula is C23H28F3N4O+. The second-order valence-electron chi connectivity index (χ2n) is 8.03. The number of benzene rings is 1. The van der Waals surface area contributed by atoms with E-state index in [9.17, 15) is 13.2 Å². The monoisotopic (exact) mass is 433 g/mol. The van der Waals surface area contributed by atoms with Gasteiger partial charge in [0.25, 0.3) is 0 Å². The van der Waals surface area contributed by atoms with Crippen molar-refractivity contribution in [2.24, 2.45) is 5.10 Å². The molecule has 0 bridgehead atoms. The van der Waals surface area contributed by atoms with E-state index in [-0.39, 0.29) is 4.59 Å². The number of nitrogens with zero attached hydrogens (tertiary/aromatic N) is 4. The summed E-state index contributed by atoms with van der Waals surface area (Å²) in [6.07, 6.45) is 4.74. The number of hydrogen-bond acceptors (Lipinski definition) is 4. The van der Waals surface area contributed by atoms with Gasteiger partial charge in [0, 0.05) is 50.8 Å². The van der Waals surface area contributed by atoms with Crippen molar-refractivity contribution >= 4 is 11.9 Å². The molecule has 1 unspecified atom stereocenters. The predicted molar refractivity (Wildman–Crippen MR) is 116 cm³/mol. The molecule has 0 amide bonds. The Hall–Kier alpha value is -2.58. The van der Waals surface area contributed by atoms with Crippen LogP contribution in [0.5, 0.6) is 5.75 Å². The third kappa shape index (κ3) is 4.70. The highest BCUT2D eigenvalue weighted by molar-refractivity contribution is 5.74. The molecule has 0 spiro atoms. The maximum Gasteiger partial charge on any atom is 0.416 e. The minimum atomic E-state index is -4.33. The maximum atomic E-state index is 13.0. The Labute approximate surface area is 181 Å². The number of para-hydroxylation sites is 2. The minimum absolute atomic E-state index is 0.140. The van der Waals surface area contributed by atoms with Gasteiger partial charge in [0.05, 0.1) is 24.6 Å². The molecule has 3 heterocycles. The summed E-state index contributed by atoms with van der Waals surface area (Å²) in [5, 5.41) is 4.44. The van der Waals surface area contributed by atoms with E-state index in [0.717, 1.165) is 63.1 Å². The minimum Gasteiger partial charge on any atom is -0.495 e. The van der Waals surface area contributed by atoms with Crippen LogP contribution in [0.2, 0.25) is 0 Å². The molecule has 3 aliphatic rings. The van der Waals surface area contributed by atoms with Crippen LogP contribution in [0.4, 0.5) is 18.9 Å². The van der Waals surface area contributed by atoms with E-state index in [1.54, 1.807) is 25.6 Å². The highest BCUT2D eigenvalue weighted by Gasteiger charge is 2.41. The van der Waals surface area contributed by atoms with Gasteiger partial charge in [-0.1, -0.05) is 17.2 Å². The van der Waals surface area contributed by atoms with Gasteiger partial charge >= 0.3 is 6.18 Å². The van der Waals surface area contributed by atoms with Crippen molar-refractivity contribution in [2.45, 2.75) is 19.0 Å². The molecule has 4 rings (SSSR count). The molecular weight excluding hydrogens is 405 g/mol. The van der Waals surface area contributed by atoms with Crippen LogP contribution in [0.1, 0.15) is 12.8 Å². The third-order valence-corrected chi connectivity index (χ3v) is 6.12. The van der Waals surface area contributed by atoms with Crippen molar-refractivity contribution in [1.82, 2.24) is 4.90 Å². The highest BCUT2D eigenvalue weighted by atomic mass is 19.4. The Morgan fingerprint density at radius 2 is 1.87 bits per heavy atom. The number of hydrogen-bond donors (Lipinski definition) is 0. The summed E-state index contributed by atoms with van der Waals surface area (Å²) in [4.78, 5) is 4.80. The van der Waals surface area contributed by atoms with Gasteiger partial charge in [0.1, 0.15) is 18.5 Å². The third-order valence-electron chi connectivity index (χ3n) is 6.12. The van der Waals surface area contributed by atoms with Crippen LogP contribution < -0.4 is 9.64 Å². The molecule has 8 heteroatoms. The number of alkyl halides is 3. The average Bonchev–Trinajstić information content (AvgIpc) is 3.20. The number of unbranched alkanes of at least 4 members (excludes halogenated alkanes) is 1. The van der Waals surface area contributed by atoms with E-state index in [1.165, 1.54) is 6.08 Å². The highest BCUT2D eigenvalue weighted by Crippen LogP contribution is 2.37. The summed E-state index contributed by atoms with van der Waals surface area (Å²) in [5.41, 5.74) is 1.10. The first-order valence-corrected chi connectivity index (χ1v) is 10.6. The van der Waals surface area contributed by atoms with E-state index in [2.05, 4.69) is 21.0 Å². The summed E-state index contributed by atoms with van der Waals surface area (Å²) in [6.45, 7) is 5.52. The molecule has 0 aliphatic carbocycles. The fourth-order valence-corrected chi connectivity index (χ4v) is 4.35. The van der Waals surface area contributed by atoms with Crippen LogP contribution in [-0.2, 0) is 0 Å². The van der Waals surface area contributed by atoms with Crippen LogP contribution in [0, 0.1) is 0 Å². The van der Waals surface area contributed by atoms with Gasteiger partial charge in [-0.15, -0.1) is 4.59 Å². The number of piperazine rings is 1. The Balaban J connectivity index is 1.24. The first-order valence-electron chi connectivity index (χ1n) is 10.6. The van der Waals surface area contributed by atoms with Gasteiger partial charge < -0.3 is 9.64 Å². The topological polar surface area (TPSA) is 28.1 Å². The SMILES string of the molecule is COc1ccccc1N1CCN(CCCC[N+]23C=CC(C(F)(F)F)=CC2=CC=N3)CC1. The van der Waals surface area contributed by atoms with Gasteiger partial charge in [0.2, 0.25) is 0 Å². The summed E-state index contributed by atoms with van der Waals surface area (Å²) >= 11 is 0. The maximum absolute atomic E-state index is 13.0. The standard InChI is InChI=1S/C23H28F3N4O/c1-31-22-7-3-2-6-21(22)29-14-12-28(13-15-29)11-4-5-16-30-17-9-19(23(24,25)26)18-20(30)8-10-27-30/h2-3,6-10,17-18H,4-5,11-16H2,1H3/q+1. The molecule has 0 N–H and O–H groups in total. The van der Waals surface area contributed by atoms with E-state index in [0.29, 0.717) is 12.2 Å². The number of rotatable bonds is 7. The first kappa shape index (κ1) is 21.6. The van der Waals surface area contributed by atoms with E-state index in [4.69, 9.17) is 4.74 Å². The van der Waals surface area contributed by atoms with E-state index >= 15 is 0 Å². The number of ether oxygens (including phenoxy) is 1. The largest absolute Gasteiger partial charge is 0.495 e. The second kappa shape index (κ2) is 8.88. The summed E-state index contributed by atoms with van der Waals surface area (Å²) < 4.78 is 44.6.